The topological polar surface area (TPSA) is 172 Å². The maximum atomic E-state index is 13.0. The summed E-state index contributed by atoms with van der Waals surface area (Å²) in [5, 5.41) is 8.15. The number of nitrogens with two attached hydrogens (primary N) is 2. The van der Waals surface area contributed by atoms with Crippen molar-refractivity contribution in [1.82, 2.24) is 39.7 Å². The highest BCUT2D eigenvalue weighted by Crippen LogP contribution is 2.31. The van der Waals surface area contributed by atoms with Crippen molar-refractivity contribution in [2.75, 3.05) is 11.5 Å². The van der Waals surface area contributed by atoms with Gasteiger partial charge in [-0.15, -0.1) is 0 Å². The van der Waals surface area contributed by atoms with Gasteiger partial charge in [-0.2, -0.15) is 0 Å². The van der Waals surface area contributed by atoms with Crippen LogP contribution in [-0.4, -0.2) is 40.9 Å². The Balaban J connectivity index is 0.795. The van der Waals surface area contributed by atoms with Gasteiger partial charge in [0.1, 0.15) is 22.7 Å². The molecular weight excluding hydrogens is 725 g/mol. The molecule has 294 valence electrons. The molecule has 58 heavy (non-hydrogen) atoms. The number of nitrogen functional groups attached to an aromatic ring is 2. The van der Waals surface area contributed by atoms with Crippen LogP contribution in [0.1, 0.15) is 67.0 Å². The molecule has 4 aromatic carbocycles. The average molecular weight is 773 g/mol. The lowest BCUT2D eigenvalue weighted by Crippen LogP contribution is -2.30. The van der Waals surface area contributed by atoms with Gasteiger partial charge < -0.3 is 31.2 Å². The van der Waals surface area contributed by atoms with Crippen LogP contribution in [0.4, 0.5) is 11.6 Å². The molecule has 2 amide bonds. The zero-order valence-electron chi connectivity index (χ0n) is 33.3. The van der Waals surface area contributed by atoms with Gasteiger partial charge in [0.05, 0.1) is 22.1 Å². The number of carbonyl (C=O) groups is 2. The first-order chi connectivity index (χ1) is 27.9. The van der Waals surface area contributed by atoms with Gasteiger partial charge in [-0.25, -0.2) is 19.9 Å². The molecule has 8 rings (SSSR count). The predicted molar refractivity (Wildman–Crippen MR) is 231 cm³/mol. The highest BCUT2D eigenvalue weighted by Gasteiger charge is 2.23. The summed E-state index contributed by atoms with van der Waals surface area (Å²) < 4.78 is 4.35. The minimum atomic E-state index is -0.344. The number of anilines is 2. The quantitative estimate of drug-likeness (QED) is 0.0934. The molecule has 0 radical (unpaired) electrons. The molecule has 8 aromatic rings. The fourth-order valence-electron chi connectivity index (χ4n) is 7.75. The molecule has 0 saturated carbocycles. The number of pyridine rings is 2. The third-order valence-corrected chi connectivity index (χ3v) is 11.0. The van der Waals surface area contributed by atoms with Gasteiger partial charge in [0.2, 0.25) is 11.8 Å². The van der Waals surface area contributed by atoms with Crippen LogP contribution >= 0.6 is 0 Å². The number of benzene rings is 4. The molecule has 4 heterocycles. The van der Waals surface area contributed by atoms with Crippen molar-refractivity contribution >= 4 is 67.3 Å². The Kier molecular flexibility index (Phi) is 10.2. The van der Waals surface area contributed by atoms with Crippen molar-refractivity contribution in [2.24, 2.45) is 5.41 Å². The standard InChI is InChI=1S/C46H48N10O2/c1-28-51-40-42(34-9-5-7-11-36(34)53-44(40)47)55(28)26-32-17-13-30(14-18-32)24-49-38(57)21-22-46(3,4)23-39(58)50-25-31-15-19-33(20-16-31)27-56-29(2)52-41-43(56)35-10-6-8-12-37(35)54-45(41)48/h5-20H,21-27H2,1-4H3,(H2,47,53)(H2,48,54)(H,49,57)(H,50,58). The third kappa shape index (κ3) is 7.90. The lowest BCUT2D eigenvalue weighted by atomic mass is 9.84. The van der Waals surface area contributed by atoms with Crippen LogP contribution in [0.2, 0.25) is 0 Å². The fourth-order valence-corrected chi connectivity index (χ4v) is 7.75. The summed E-state index contributed by atoms with van der Waals surface area (Å²) in [5.41, 5.74) is 21.5. The van der Waals surface area contributed by atoms with Crippen molar-refractivity contribution in [1.29, 1.82) is 0 Å². The number of amides is 2. The monoisotopic (exact) mass is 772 g/mol. The highest BCUT2D eigenvalue weighted by molar-refractivity contribution is 6.07. The summed E-state index contributed by atoms with van der Waals surface area (Å²) in [6.45, 7) is 10.1. The second-order valence-electron chi connectivity index (χ2n) is 15.9. The molecule has 0 fully saturated rings. The molecular formula is C46H48N10O2. The molecule has 0 aliphatic carbocycles. The first kappa shape index (κ1) is 38.1. The van der Waals surface area contributed by atoms with Crippen LogP contribution in [0.5, 0.6) is 0 Å². The van der Waals surface area contributed by atoms with Gasteiger partial charge in [-0.1, -0.05) is 98.8 Å². The summed E-state index contributed by atoms with van der Waals surface area (Å²) in [7, 11) is 0. The van der Waals surface area contributed by atoms with E-state index in [9.17, 15) is 9.59 Å². The first-order valence-corrected chi connectivity index (χ1v) is 19.6. The number of rotatable bonds is 13. The molecule has 0 spiro atoms. The maximum Gasteiger partial charge on any atom is 0.220 e. The van der Waals surface area contributed by atoms with E-state index in [4.69, 9.17) is 21.4 Å². The van der Waals surface area contributed by atoms with Crippen molar-refractivity contribution < 1.29 is 9.59 Å². The normalized spacial score (nSPS) is 11.9. The Hall–Kier alpha value is -6.82. The van der Waals surface area contributed by atoms with Gasteiger partial charge in [0.25, 0.3) is 0 Å². The second kappa shape index (κ2) is 15.6. The van der Waals surface area contributed by atoms with Crippen LogP contribution in [-0.2, 0) is 35.8 Å². The van der Waals surface area contributed by atoms with Gasteiger partial charge in [-0.05, 0) is 60.1 Å². The SMILES string of the molecule is Cc1nc2c(N)nc3ccccc3c2n1Cc1ccc(CNC(=O)CCC(C)(C)CC(=O)NCc2ccc(Cn3c(C)nc4c(N)nc5ccccc5c43)cc2)cc1. The predicted octanol–water partition coefficient (Wildman–Crippen LogP) is 7.49. The summed E-state index contributed by atoms with van der Waals surface area (Å²) >= 11 is 0. The Morgan fingerprint density at radius 3 is 1.47 bits per heavy atom. The maximum absolute atomic E-state index is 13.0. The Bertz CT molecular complexity index is 2820. The number of hydrogen-bond acceptors (Lipinski definition) is 8. The number of aromatic nitrogens is 6. The van der Waals surface area contributed by atoms with E-state index in [1.54, 1.807) is 0 Å². The van der Waals surface area contributed by atoms with E-state index in [0.717, 1.165) is 66.7 Å². The number of nitrogens with one attached hydrogen (secondary N) is 2. The van der Waals surface area contributed by atoms with Gasteiger partial charge >= 0.3 is 0 Å². The number of hydrogen-bond donors (Lipinski definition) is 4. The van der Waals surface area contributed by atoms with E-state index in [1.807, 2.05) is 88.4 Å². The van der Waals surface area contributed by atoms with Crippen molar-refractivity contribution in [2.45, 2.75) is 73.1 Å². The van der Waals surface area contributed by atoms with Crippen LogP contribution < -0.4 is 22.1 Å². The molecule has 0 atom stereocenters. The van der Waals surface area contributed by atoms with Crippen LogP contribution in [0.3, 0.4) is 0 Å². The smallest absolute Gasteiger partial charge is 0.220 e. The summed E-state index contributed by atoms with van der Waals surface area (Å²) in [6, 6.07) is 32.4. The Labute approximate surface area is 336 Å². The number of imidazole rings is 2. The molecule has 0 unspecified atom stereocenters. The third-order valence-electron chi connectivity index (χ3n) is 11.0. The number of nitrogens with zero attached hydrogens (tertiary/aromatic N) is 6. The molecule has 0 saturated heterocycles. The van der Waals surface area contributed by atoms with E-state index in [-0.39, 0.29) is 17.2 Å². The van der Waals surface area contributed by atoms with E-state index in [2.05, 4.69) is 66.1 Å². The van der Waals surface area contributed by atoms with E-state index >= 15 is 0 Å². The van der Waals surface area contributed by atoms with Crippen LogP contribution in [0.25, 0.3) is 43.9 Å². The summed E-state index contributed by atoms with van der Waals surface area (Å²) in [5.74, 6) is 2.51. The first-order valence-electron chi connectivity index (χ1n) is 19.6. The van der Waals surface area contributed by atoms with Gasteiger partial charge in [0.15, 0.2) is 11.6 Å². The van der Waals surface area contributed by atoms with Crippen molar-refractivity contribution in [3.63, 3.8) is 0 Å². The van der Waals surface area contributed by atoms with Crippen molar-refractivity contribution in [3.8, 4) is 0 Å². The molecule has 0 aliphatic rings. The zero-order valence-corrected chi connectivity index (χ0v) is 33.3. The molecule has 12 nitrogen and oxygen atoms in total. The van der Waals surface area contributed by atoms with E-state index in [1.165, 1.54) is 0 Å². The van der Waals surface area contributed by atoms with Crippen molar-refractivity contribution in [3.05, 3.63) is 131 Å². The van der Waals surface area contributed by atoms with Gasteiger partial charge in [-0.3, -0.25) is 9.59 Å². The minimum Gasteiger partial charge on any atom is -0.382 e. The highest BCUT2D eigenvalue weighted by atomic mass is 16.2. The summed E-state index contributed by atoms with van der Waals surface area (Å²) in [6.07, 6.45) is 1.25. The Morgan fingerprint density at radius 1 is 0.586 bits per heavy atom. The molecule has 12 heteroatoms. The Morgan fingerprint density at radius 2 is 1.00 bits per heavy atom. The summed E-state index contributed by atoms with van der Waals surface area (Å²) in [4.78, 5) is 44.4. The van der Waals surface area contributed by atoms with E-state index in [0.29, 0.717) is 68.1 Å². The van der Waals surface area contributed by atoms with Gasteiger partial charge in [0, 0.05) is 49.8 Å². The molecule has 0 aliphatic heterocycles. The lowest BCUT2D eigenvalue weighted by Gasteiger charge is -2.23. The van der Waals surface area contributed by atoms with E-state index < -0.39 is 0 Å². The minimum absolute atomic E-state index is 0.0385. The zero-order chi connectivity index (χ0) is 40.6. The fraction of sp³-hybridized carbons (Fsp3) is 0.261. The van der Waals surface area contributed by atoms with Crippen LogP contribution in [0.15, 0.2) is 97.1 Å². The second-order valence-corrected chi connectivity index (χ2v) is 15.9. The number of aryl methyl sites for hydroxylation is 2. The van der Waals surface area contributed by atoms with Crippen LogP contribution in [0, 0.1) is 19.3 Å². The number of carbonyl (C=O) groups excluding carboxylic acids is 2. The molecule has 0 bridgehead atoms. The molecule has 4 aromatic heterocycles. The number of para-hydroxylation sites is 2. The number of fused-ring (bicyclic) bond motifs is 6. The lowest BCUT2D eigenvalue weighted by molar-refractivity contribution is -0.125. The average Bonchev–Trinajstić information content (AvgIpc) is 3.72. The molecule has 6 N–H and O–H groups in total. The largest absolute Gasteiger partial charge is 0.382 e.